The Morgan fingerprint density at radius 2 is 2.05 bits per heavy atom. The highest BCUT2D eigenvalue weighted by Gasteiger charge is 2.08. The summed E-state index contributed by atoms with van der Waals surface area (Å²) >= 11 is 4.80. The lowest BCUT2D eigenvalue weighted by Crippen LogP contribution is -2.15. The number of anilines is 2. The van der Waals surface area contributed by atoms with E-state index in [0.717, 1.165) is 9.37 Å². The van der Waals surface area contributed by atoms with E-state index >= 15 is 0 Å². The molecule has 0 saturated carbocycles. The van der Waals surface area contributed by atoms with Crippen molar-refractivity contribution in [3.05, 3.63) is 52.8 Å². The molecule has 20 heavy (non-hydrogen) atoms. The maximum absolute atomic E-state index is 13.1. The van der Waals surface area contributed by atoms with Crippen molar-refractivity contribution in [2.24, 2.45) is 0 Å². The molecule has 0 fully saturated rings. The van der Waals surface area contributed by atoms with Crippen LogP contribution in [0.5, 0.6) is 0 Å². The fourth-order valence-corrected chi connectivity index (χ4v) is 2.90. The molecule has 2 aromatic carbocycles. The van der Waals surface area contributed by atoms with E-state index in [9.17, 15) is 9.18 Å². The van der Waals surface area contributed by atoms with Crippen LogP contribution in [0.3, 0.4) is 0 Å². The van der Waals surface area contributed by atoms with E-state index in [2.05, 4.69) is 21.2 Å². The predicted molar refractivity (Wildman–Crippen MR) is 84.3 cm³/mol. The van der Waals surface area contributed by atoms with E-state index < -0.39 is 5.82 Å². The van der Waals surface area contributed by atoms with Gasteiger partial charge in [-0.15, -0.1) is 11.8 Å². The molecule has 0 aliphatic carbocycles. The maximum Gasteiger partial charge on any atom is 0.234 e. The summed E-state index contributed by atoms with van der Waals surface area (Å²) < 4.78 is 14.0. The van der Waals surface area contributed by atoms with Crippen molar-refractivity contribution in [1.82, 2.24) is 0 Å². The van der Waals surface area contributed by atoms with E-state index in [1.807, 2.05) is 24.3 Å². The van der Waals surface area contributed by atoms with Crippen LogP contribution >= 0.6 is 27.7 Å². The molecule has 0 spiro atoms. The summed E-state index contributed by atoms with van der Waals surface area (Å²) in [4.78, 5) is 12.8. The van der Waals surface area contributed by atoms with Crippen LogP contribution in [-0.2, 0) is 4.79 Å². The van der Waals surface area contributed by atoms with Crippen LogP contribution in [-0.4, -0.2) is 11.7 Å². The number of halogens is 2. The summed E-state index contributed by atoms with van der Waals surface area (Å²) in [5.41, 5.74) is 6.31. The lowest BCUT2D eigenvalue weighted by molar-refractivity contribution is -0.113. The standard InChI is InChI=1S/C14H12BrFN2OS/c15-10-3-1-2-4-13(10)20-8-14(19)18-12-7-9(16)5-6-11(12)17/h1-7H,8,17H2,(H,18,19). The van der Waals surface area contributed by atoms with Crippen molar-refractivity contribution in [2.45, 2.75) is 4.90 Å². The molecule has 0 bridgehead atoms. The number of nitrogen functional groups attached to an aromatic ring is 1. The molecule has 6 heteroatoms. The number of hydrogen-bond acceptors (Lipinski definition) is 3. The second-order valence-corrected chi connectivity index (χ2v) is 5.87. The normalized spacial score (nSPS) is 10.3. The molecule has 0 atom stereocenters. The first-order valence-corrected chi connectivity index (χ1v) is 7.56. The lowest BCUT2D eigenvalue weighted by atomic mass is 10.2. The van der Waals surface area contributed by atoms with Crippen molar-refractivity contribution in [2.75, 3.05) is 16.8 Å². The fourth-order valence-electron chi connectivity index (χ4n) is 1.53. The van der Waals surface area contributed by atoms with E-state index in [-0.39, 0.29) is 11.7 Å². The smallest absolute Gasteiger partial charge is 0.234 e. The Balaban J connectivity index is 1.96. The fraction of sp³-hybridized carbons (Fsp3) is 0.0714. The minimum Gasteiger partial charge on any atom is -0.397 e. The number of carbonyl (C=O) groups excluding carboxylic acids is 1. The molecule has 0 saturated heterocycles. The van der Waals surface area contributed by atoms with E-state index in [0.29, 0.717) is 11.4 Å². The summed E-state index contributed by atoms with van der Waals surface area (Å²) in [5, 5.41) is 2.60. The van der Waals surface area contributed by atoms with Crippen molar-refractivity contribution in [3.63, 3.8) is 0 Å². The molecular formula is C14H12BrFN2OS. The van der Waals surface area contributed by atoms with Gasteiger partial charge in [0.25, 0.3) is 0 Å². The Kier molecular flexibility index (Phi) is 5.03. The Labute approximate surface area is 128 Å². The molecule has 2 rings (SSSR count). The van der Waals surface area contributed by atoms with Gasteiger partial charge in [-0.05, 0) is 46.3 Å². The molecular weight excluding hydrogens is 343 g/mol. The van der Waals surface area contributed by atoms with Crippen LogP contribution in [0, 0.1) is 5.82 Å². The molecule has 0 unspecified atom stereocenters. The van der Waals surface area contributed by atoms with Crippen molar-refractivity contribution >= 4 is 45.0 Å². The zero-order valence-corrected chi connectivity index (χ0v) is 12.8. The Hall–Kier alpha value is -1.53. The second kappa shape index (κ2) is 6.76. The van der Waals surface area contributed by atoms with Crippen molar-refractivity contribution in [1.29, 1.82) is 0 Å². The van der Waals surface area contributed by atoms with Crippen LogP contribution in [0.15, 0.2) is 51.8 Å². The molecule has 0 aliphatic rings. The number of rotatable bonds is 4. The van der Waals surface area contributed by atoms with Crippen LogP contribution in [0.25, 0.3) is 0 Å². The zero-order chi connectivity index (χ0) is 14.5. The zero-order valence-electron chi connectivity index (χ0n) is 10.4. The molecule has 0 heterocycles. The van der Waals surface area contributed by atoms with Gasteiger partial charge in [-0.25, -0.2) is 4.39 Å². The lowest BCUT2D eigenvalue weighted by Gasteiger charge is -2.08. The van der Waals surface area contributed by atoms with Gasteiger partial charge in [0.15, 0.2) is 0 Å². The largest absolute Gasteiger partial charge is 0.397 e. The highest BCUT2D eigenvalue weighted by atomic mass is 79.9. The minimum atomic E-state index is -0.437. The number of thioether (sulfide) groups is 1. The predicted octanol–water partition coefficient (Wildman–Crippen LogP) is 3.90. The van der Waals surface area contributed by atoms with Gasteiger partial charge < -0.3 is 11.1 Å². The first-order chi connectivity index (χ1) is 9.56. The quantitative estimate of drug-likeness (QED) is 0.646. The van der Waals surface area contributed by atoms with Gasteiger partial charge in [0.2, 0.25) is 5.91 Å². The SMILES string of the molecule is Nc1ccc(F)cc1NC(=O)CSc1ccccc1Br. The van der Waals surface area contributed by atoms with Gasteiger partial charge in [-0.3, -0.25) is 4.79 Å². The second-order valence-electron chi connectivity index (χ2n) is 4.00. The number of amides is 1. The molecule has 0 radical (unpaired) electrons. The first kappa shape index (κ1) is 14.9. The molecule has 0 aromatic heterocycles. The third-order valence-corrected chi connectivity index (χ3v) is 4.51. The third kappa shape index (κ3) is 3.98. The molecule has 3 N–H and O–H groups in total. The molecule has 104 valence electrons. The first-order valence-electron chi connectivity index (χ1n) is 5.78. The summed E-state index contributed by atoms with van der Waals surface area (Å²) in [5.74, 6) is -0.450. The van der Waals surface area contributed by atoms with Crippen LogP contribution in [0.1, 0.15) is 0 Å². The number of benzene rings is 2. The van der Waals surface area contributed by atoms with Crippen LogP contribution < -0.4 is 11.1 Å². The summed E-state index contributed by atoms with van der Waals surface area (Å²) in [6, 6.07) is 11.5. The molecule has 1 amide bonds. The van der Waals surface area contributed by atoms with Crippen LogP contribution in [0.2, 0.25) is 0 Å². The highest BCUT2D eigenvalue weighted by molar-refractivity contribution is 9.10. The van der Waals surface area contributed by atoms with Gasteiger partial charge in [-0.2, -0.15) is 0 Å². The number of nitrogens with two attached hydrogens (primary N) is 1. The Bertz CT molecular complexity index is 636. The van der Waals surface area contributed by atoms with Gasteiger partial charge in [0.05, 0.1) is 17.1 Å². The summed E-state index contributed by atoms with van der Waals surface area (Å²) in [7, 11) is 0. The number of hydrogen-bond donors (Lipinski definition) is 2. The number of nitrogens with one attached hydrogen (secondary N) is 1. The van der Waals surface area contributed by atoms with E-state index in [1.54, 1.807) is 0 Å². The van der Waals surface area contributed by atoms with Gasteiger partial charge in [-0.1, -0.05) is 12.1 Å². The highest BCUT2D eigenvalue weighted by Crippen LogP contribution is 2.27. The van der Waals surface area contributed by atoms with Crippen LogP contribution in [0.4, 0.5) is 15.8 Å². The van der Waals surface area contributed by atoms with Crippen molar-refractivity contribution in [3.8, 4) is 0 Å². The molecule has 3 nitrogen and oxygen atoms in total. The Morgan fingerprint density at radius 1 is 1.30 bits per heavy atom. The van der Waals surface area contributed by atoms with Crippen molar-refractivity contribution < 1.29 is 9.18 Å². The van der Waals surface area contributed by atoms with E-state index in [4.69, 9.17) is 5.73 Å². The van der Waals surface area contributed by atoms with Gasteiger partial charge >= 0.3 is 0 Å². The third-order valence-electron chi connectivity index (χ3n) is 2.48. The summed E-state index contributed by atoms with van der Waals surface area (Å²) in [6.45, 7) is 0. The number of carbonyl (C=O) groups is 1. The Morgan fingerprint density at radius 3 is 2.80 bits per heavy atom. The summed E-state index contributed by atoms with van der Waals surface area (Å²) in [6.07, 6.45) is 0. The average Bonchev–Trinajstić information content (AvgIpc) is 2.42. The van der Waals surface area contributed by atoms with Gasteiger partial charge in [0.1, 0.15) is 5.82 Å². The van der Waals surface area contributed by atoms with Gasteiger partial charge in [0, 0.05) is 9.37 Å². The molecule has 0 aliphatic heterocycles. The minimum absolute atomic E-state index is 0.221. The average molecular weight is 355 g/mol. The maximum atomic E-state index is 13.1. The van der Waals surface area contributed by atoms with E-state index in [1.165, 1.54) is 30.0 Å². The molecule has 2 aromatic rings. The monoisotopic (exact) mass is 354 g/mol. The topological polar surface area (TPSA) is 55.1 Å².